The molecule has 0 unspecified atom stereocenters. The Bertz CT molecular complexity index is 922. The summed E-state index contributed by atoms with van der Waals surface area (Å²) in [5.74, 6) is -0.580. The molecule has 0 bridgehead atoms. The Morgan fingerprint density at radius 1 is 1.30 bits per heavy atom. The van der Waals surface area contributed by atoms with E-state index in [1.165, 1.54) is 15.9 Å². The summed E-state index contributed by atoms with van der Waals surface area (Å²) in [6.07, 6.45) is 0. The second-order valence-electron chi connectivity index (χ2n) is 3.95. The van der Waals surface area contributed by atoms with Gasteiger partial charge in [-0.15, -0.1) is 11.3 Å². The molecule has 0 fully saturated rings. The van der Waals surface area contributed by atoms with Crippen LogP contribution in [0.3, 0.4) is 0 Å². The number of rotatable bonds is 1. The van der Waals surface area contributed by atoms with E-state index >= 15 is 0 Å². The number of benzene rings is 1. The van der Waals surface area contributed by atoms with Crippen molar-refractivity contribution < 1.29 is 4.39 Å². The van der Waals surface area contributed by atoms with Crippen LogP contribution in [0.25, 0.3) is 15.9 Å². The molecule has 0 spiro atoms. The van der Waals surface area contributed by atoms with Crippen molar-refractivity contribution in [1.29, 1.82) is 0 Å². The first-order valence-corrected chi connectivity index (χ1v) is 7.41. The summed E-state index contributed by atoms with van der Waals surface area (Å²) in [6.45, 7) is 0. The molecule has 1 N–H and O–H groups in total. The Morgan fingerprint density at radius 3 is 2.60 bits per heavy atom. The number of nitrogens with zero attached hydrogens (tertiary/aromatic N) is 1. The lowest BCUT2D eigenvalue weighted by Gasteiger charge is -2.10. The van der Waals surface area contributed by atoms with Crippen molar-refractivity contribution in [3.63, 3.8) is 0 Å². The van der Waals surface area contributed by atoms with Crippen LogP contribution in [0.15, 0.2) is 28.4 Å². The van der Waals surface area contributed by atoms with Gasteiger partial charge in [0.1, 0.15) is 10.6 Å². The highest BCUT2D eigenvalue weighted by atomic mass is 35.5. The fourth-order valence-corrected chi connectivity index (χ4v) is 3.64. The molecule has 102 valence electrons. The van der Waals surface area contributed by atoms with E-state index in [-0.39, 0.29) is 26.1 Å². The summed E-state index contributed by atoms with van der Waals surface area (Å²) < 4.78 is 14.6. The van der Waals surface area contributed by atoms with Gasteiger partial charge in [-0.1, -0.05) is 23.2 Å². The van der Waals surface area contributed by atoms with Gasteiger partial charge in [-0.25, -0.2) is 8.96 Å². The maximum absolute atomic E-state index is 13.2. The number of fused-ring (bicyclic) bond motifs is 1. The van der Waals surface area contributed by atoms with Gasteiger partial charge in [0.05, 0.1) is 21.1 Å². The van der Waals surface area contributed by atoms with Crippen LogP contribution in [0.1, 0.15) is 0 Å². The van der Waals surface area contributed by atoms with E-state index in [9.17, 15) is 9.18 Å². The SMILES string of the molecule is O=c1c2ccsc2[nH]c(=S)n1-c1c(Cl)cc(F)cc1Cl. The molecule has 20 heavy (non-hydrogen) atoms. The molecule has 0 aliphatic heterocycles. The Hall–Kier alpha value is -1.21. The van der Waals surface area contributed by atoms with Crippen LogP contribution in [0.2, 0.25) is 10.0 Å². The van der Waals surface area contributed by atoms with Gasteiger partial charge in [-0.05, 0) is 35.8 Å². The number of H-pyrrole nitrogens is 1. The summed E-state index contributed by atoms with van der Waals surface area (Å²) in [4.78, 5) is 16.1. The predicted octanol–water partition coefficient (Wildman–Crippen LogP) is 4.56. The molecule has 3 rings (SSSR count). The summed E-state index contributed by atoms with van der Waals surface area (Å²) in [7, 11) is 0. The quantitative estimate of drug-likeness (QED) is 0.656. The van der Waals surface area contributed by atoms with Crippen molar-refractivity contribution in [3.05, 3.63) is 54.6 Å². The minimum Gasteiger partial charge on any atom is -0.323 e. The Labute approximate surface area is 131 Å². The molecule has 2 heterocycles. The lowest BCUT2D eigenvalue weighted by Crippen LogP contribution is -2.20. The van der Waals surface area contributed by atoms with Crippen LogP contribution in [0, 0.1) is 10.6 Å². The van der Waals surface area contributed by atoms with Gasteiger partial charge in [0.2, 0.25) is 0 Å². The first-order chi connectivity index (χ1) is 9.49. The third-order valence-electron chi connectivity index (χ3n) is 2.73. The molecule has 3 nitrogen and oxygen atoms in total. The first kappa shape index (κ1) is 13.8. The second-order valence-corrected chi connectivity index (χ2v) is 6.07. The van der Waals surface area contributed by atoms with Crippen molar-refractivity contribution in [2.24, 2.45) is 0 Å². The van der Waals surface area contributed by atoms with Gasteiger partial charge in [0.15, 0.2) is 4.77 Å². The third-order valence-corrected chi connectivity index (χ3v) is 4.42. The maximum atomic E-state index is 13.2. The summed E-state index contributed by atoms with van der Waals surface area (Å²) in [6, 6.07) is 3.85. The van der Waals surface area contributed by atoms with Crippen LogP contribution in [-0.2, 0) is 0 Å². The fraction of sp³-hybridized carbons (Fsp3) is 0. The third kappa shape index (κ3) is 2.09. The number of thiophene rings is 1. The molecule has 0 aliphatic carbocycles. The number of hydrogen-bond acceptors (Lipinski definition) is 3. The number of nitrogens with one attached hydrogen (secondary N) is 1. The monoisotopic (exact) mass is 346 g/mol. The van der Waals surface area contributed by atoms with E-state index < -0.39 is 5.82 Å². The maximum Gasteiger partial charge on any atom is 0.267 e. The molecule has 0 atom stereocenters. The number of hydrogen-bond donors (Lipinski definition) is 1. The van der Waals surface area contributed by atoms with Crippen LogP contribution >= 0.6 is 46.8 Å². The van der Waals surface area contributed by atoms with Crippen LogP contribution in [-0.4, -0.2) is 9.55 Å². The van der Waals surface area contributed by atoms with Gasteiger partial charge in [-0.2, -0.15) is 0 Å². The van der Waals surface area contributed by atoms with Crippen molar-refractivity contribution in [2.75, 3.05) is 0 Å². The lowest BCUT2D eigenvalue weighted by molar-refractivity contribution is 0.627. The molecule has 0 saturated heterocycles. The summed E-state index contributed by atoms with van der Waals surface area (Å²) in [5.41, 5.74) is -0.172. The number of aromatic amines is 1. The highest BCUT2D eigenvalue weighted by molar-refractivity contribution is 7.71. The van der Waals surface area contributed by atoms with Crippen LogP contribution in [0.5, 0.6) is 0 Å². The van der Waals surface area contributed by atoms with E-state index in [4.69, 9.17) is 35.4 Å². The second kappa shape index (κ2) is 4.96. The molecular weight excluding hydrogens is 342 g/mol. The number of aromatic nitrogens is 2. The molecule has 2 aromatic heterocycles. The standard InChI is InChI=1S/C12H5Cl2FN2OS2/c13-7-3-5(15)4-8(14)9(7)17-11(18)6-1-2-20-10(6)16-12(17)19/h1-4H,(H,16,19). The largest absolute Gasteiger partial charge is 0.323 e. The van der Waals surface area contributed by atoms with Crippen LogP contribution in [0.4, 0.5) is 4.39 Å². The topological polar surface area (TPSA) is 37.8 Å². The zero-order chi connectivity index (χ0) is 14.4. The van der Waals surface area contributed by atoms with E-state index in [0.29, 0.717) is 10.2 Å². The van der Waals surface area contributed by atoms with Gasteiger partial charge in [0.25, 0.3) is 5.56 Å². The van der Waals surface area contributed by atoms with Crippen molar-refractivity contribution in [1.82, 2.24) is 9.55 Å². The van der Waals surface area contributed by atoms with Crippen molar-refractivity contribution >= 4 is 57.0 Å². The molecule has 0 amide bonds. The van der Waals surface area contributed by atoms with Gasteiger partial charge in [-0.3, -0.25) is 4.79 Å². The summed E-state index contributed by atoms with van der Waals surface area (Å²) in [5, 5.41) is 2.28. The minimum atomic E-state index is -0.580. The summed E-state index contributed by atoms with van der Waals surface area (Å²) >= 11 is 18.5. The van der Waals surface area contributed by atoms with E-state index in [1.807, 2.05) is 0 Å². The molecule has 1 aromatic carbocycles. The normalized spacial score (nSPS) is 11.2. The van der Waals surface area contributed by atoms with Gasteiger partial charge >= 0.3 is 0 Å². The van der Waals surface area contributed by atoms with Gasteiger partial charge < -0.3 is 4.98 Å². The predicted molar refractivity (Wildman–Crippen MR) is 82.6 cm³/mol. The zero-order valence-electron chi connectivity index (χ0n) is 9.62. The average Bonchev–Trinajstić information content (AvgIpc) is 2.80. The smallest absolute Gasteiger partial charge is 0.267 e. The van der Waals surface area contributed by atoms with Crippen molar-refractivity contribution in [3.8, 4) is 5.69 Å². The molecule has 0 aliphatic rings. The minimum absolute atomic E-state index is 0.0196. The van der Waals surface area contributed by atoms with E-state index in [0.717, 1.165) is 12.1 Å². The van der Waals surface area contributed by atoms with Gasteiger partial charge in [0, 0.05) is 0 Å². The van der Waals surface area contributed by atoms with E-state index in [1.54, 1.807) is 11.4 Å². The number of halogens is 3. The molecular formula is C12H5Cl2FN2OS2. The molecule has 0 radical (unpaired) electrons. The first-order valence-electron chi connectivity index (χ1n) is 5.36. The average molecular weight is 347 g/mol. The Balaban J connectivity index is 2.47. The van der Waals surface area contributed by atoms with E-state index in [2.05, 4.69) is 4.98 Å². The molecule has 3 aromatic rings. The fourth-order valence-electron chi connectivity index (χ4n) is 1.89. The Kier molecular flexibility index (Phi) is 3.41. The van der Waals surface area contributed by atoms with Crippen LogP contribution < -0.4 is 5.56 Å². The molecule has 0 saturated carbocycles. The highest BCUT2D eigenvalue weighted by Gasteiger charge is 2.15. The zero-order valence-corrected chi connectivity index (χ0v) is 12.8. The van der Waals surface area contributed by atoms with Crippen molar-refractivity contribution in [2.45, 2.75) is 0 Å². The molecule has 8 heteroatoms. The lowest BCUT2D eigenvalue weighted by atomic mass is 10.3. The highest BCUT2D eigenvalue weighted by Crippen LogP contribution is 2.29. The Morgan fingerprint density at radius 2 is 1.95 bits per heavy atom.